The van der Waals surface area contributed by atoms with Crippen LogP contribution in [0.2, 0.25) is 0 Å². The van der Waals surface area contributed by atoms with Crippen molar-refractivity contribution >= 4 is 13.2 Å². The second kappa shape index (κ2) is 10.7. The fourth-order valence-corrected chi connectivity index (χ4v) is 9.54. The lowest BCUT2D eigenvalue weighted by atomic mass is 9.99. The van der Waals surface area contributed by atoms with Crippen molar-refractivity contribution < 1.29 is 14.2 Å². The van der Waals surface area contributed by atoms with Crippen LogP contribution in [0.1, 0.15) is 64.2 Å². The van der Waals surface area contributed by atoms with Crippen molar-refractivity contribution in [2.24, 2.45) is 0 Å². The summed E-state index contributed by atoms with van der Waals surface area (Å²) >= 11 is 0. The average Bonchev–Trinajstić information content (AvgIpc) is 2.85. The number of hydrogen-bond acceptors (Lipinski definition) is 3. The summed E-state index contributed by atoms with van der Waals surface area (Å²) in [7, 11) is 4.95. The van der Waals surface area contributed by atoms with Gasteiger partial charge in [0.1, 0.15) is 17.2 Å². The fraction of sp³-hybridized carbons (Fsp3) is 0.556. The molecule has 4 heteroatoms. The van der Waals surface area contributed by atoms with Crippen molar-refractivity contribution in [3.8, 4) is 28.4 Å². The first kappa shape index (κ1) is 22.5. The highest BCUT2D eigenvalue weighted by molar-refractivity contribution is 7.67. The van der Waals surface area contributed by atoms with E-state index >= 15 is 0 Å². The molecule has 0 unspecified atom stereocenters. The number of benzene rings is 2. The summed E-state index contributed by atoms with van der Waals surface area (Å²) in [6.07, 6.45) is 14.0. The van der Waals surface area contributed by atoms with Crippen LogP contribution >= 0.6 is 7.92 Å². The maximum absolute atomic E-state index is 5.86. The van der Waals surface area contributed by atoms with Gasteiger partial charge in [-0.3, -0.25) is 0 Å². The molecule has 2 aromatic carbocycles. The predicted molar refractivity (Wildman–Crippen MR) is 132 cm³/mol. The maximum Gasteiger partial charge on any atom is 0.134 e. The van der Waals surface area contributed by atoms with E-state index in [1.807, 2.05) is 12.1 Å². The second-order valence-electron chi connectivity index (χ2n) is 8.92. The molecule has 0 amide bonds. The molecule has 0 atom stereocenters. The number of hydrogen-bond donors (Lipinski definition) is 0. The Morgan fingerprint density at radius 1 is 0.677 bits per heavy atom. The summed E-state index contributed by atoms with van der Waals surface area (Å²) in [4.78, 5) is 0. The largest absolute Gasteiger partial charge is 0.496 e. The van der Waals surface area contributed by atoms with Crippen LogP contribution in [0, 0.1) is 0 Å². The standard InChI is InChI=1S/C27H37O3P/c1-28-20-18-24(29-2)27(25(19-20)30-3)23-16-10-11-17-26(23)31(21-12-6-4-7-13-21)22-14-8-5-9-15-22/h10-11,16-19,21-22H,4-9,12-15H2,1-3H3. The van der Waals surface area contributed by atoms with Crippen LogP contribution in [-0.4, -0.2) is 32.6 Å². The molecule has 168 valence electrons. The summed E-state index contributed by atoms with van der Waals surface area (Å²) in [5.41, 5.74) is 4.06. The van der Waals surface area contributed by atoms with Crippen molar-refractivity contribution in [3.05, 3.63) is 36.4 Å². The predicted octanol–water partition coefficient (Wildman–Crippen LogP) is 7.15. The molecule has 0 aliphatic heterocycles. The molecule has 0 aromatic heterocycles. The van der Waals surface area contributed by atoms with E-state index in [0.717, 1.165) is 34.1 Å². The Morgan fingerprint density at radius 3 is 1.68 bits per heavy atom. The molecule has 31 heavy (non-hydrogen) atoms. The Morgan fingerprint density at radius 2 is 1.19 bits per heavy atom. The van der Waals surface area contributed by atoms with Gasteiger partial charge in [-0.15, -0.1) is 0 Å². The second-order valence-corrected chi connectivity index (χ2v) is 11.7. The molecular weight excluding hydrogens is 403 g/mol. The molecule has 0 saturated heterocycles. The molecule has 0 N–H and O–H groups in total. The lowest BCUT2D eigenvalue weighted by Gasteiger charge is -2.39. The first-order valence-electron chi connectivity index (χ1n) is 11.9. The third-order valence-electron chi connectivity index (χ3n) is 7.10. The average molecular weight is 441 g/mol. The molecule has 2 fully saturated rings. The summed E-state index contributed by atoms with van der Waals surface area (Å²) in [5.74, 6) is 2.41. The zero-order valence-corrected chi connectivity index (χ0v) is 20.3. The van der Waals surface area contributed by atoms with Gasteiger partial charge < -0.3 is 14.2 Å². The molecule has 0 radical (unpaired) electrons. The Balaban J connectivity index is 1.85. The quantitative estimate of drug-likeness (QED) is 0.428. The van der Waals surface area contributed by atoms with Crippen LogP contribution in [0.4, 0.5) is 0 Å². The van der Waals surface area contributed by atoms with E-state index in [1.165, 1.54) is 69.8 Å². The summed E-state index contributed by atoms with van der Waals surface area (Å²) in [6.45, 7) is 0. The van der Waals surface area contributed by atoms with Gasteiger partial charge >= 0.3 is 0 Å². The number of rotatable bonds is 7. The molecule has 2 saturated carbocycles. The first-order valence-corrected chi connectivity index (χ1v) is 13.4. The van der Waals surface area contributed by atoms with Gasteiger partial charge in [0.2, 0.25) is 0 Å². The molecule has 2 aliphatic carbocycles. The van der Waals surface area contributed by atoms with Gasteiger partial charge in [0.05, 0.1) is 26.9 Å². The Labute approximate surface area is 189 Å². The molecule has 4 rings (SSSR count). The van der Waals surface area contributed by atoms with Crippen LogP contribution in [0.5, 0.6) is 17.2 Å². The van der Waals surface area contributed by atoms with E-state index in [1.54, 1.807) is 26.6 Å². The Bertz CT molecular complexity index is 810. The summed E-state index contributed by atoms with van der Waals surface area (Å²) < 4.78 is 17.2. The van der Waals surface area contributed by atoms with Crippen molar-refractivity contribution in [3.63, 3.8) is 0 Å². The van der Waals surface area contributed by atoms with Crippen molar-refractivity contribution in [1.82, 2.24) is 0 Å². The summed E-state index contributed by atoms with van der Waals surface area (Å²) in [6, 6.07) is 13.1. The smallest absolute Gasteiger partial charge is 0.134 e. The van der Waals surface area contributed by atoms with Gasteiger partial charge in [-0.1, -0.05) is 70.7 Å². The molecule has 0 spiro atoms. The third-order valence-corrected chi connectivity index (χ3v) is 10.7. The molecule has 3 nitrogen and oxygen atoms in total. The molecular formula is C27H37O3P. The van der Waals surface area contributed by atoms with E-state index in [-0.39, 0.29) is 7.92 Å². The van der Waals surface area contributed by atoms with Crippen LogP contribution < -0.4 is 19.5 Å². The highest BCUT2D eigenvalue weighted by Crippen LogP contribution is 2.57. The van der Waals surface area contributed by atoms with E-state index in [0.29, 0.717) is 0 Å². The maximum atomic E-state index is 5.86. The lowest BCUT2D eigenvalue weighted by Crippen LogP contribution is -2.27. The van der Waals surface area contributed by atoms with E-state index < -0.39 is 0 Å². The third kappa shape index (κ3) is 4.87. The van der Waals surface area contributed by atoms with Gasteiger partial charge in [-0.25, -0.2) is 0 Å². The Hall–Kier alpha value is -1.73. The van der Waals surface area contributed by atoms with Gasteiger partial charge in [0.25, 0.3) is 0 Å². The normalized spacial score (nSPS) is 18.2. The summed E-state index contributed by atoms with van der Waals surface area (Å²) in [5, 5.41) is 1.55. The molecule has 0 heterocycles. The van der Waals surface area contributed by atoms with Crippen LogP contribution in [0.3, 0.4) is 0 Å². The van der Waals surface area contributed by atoms with Gasteiger partial charge in [-0.2, -0.15) is 0 Å². The van der Waals surface area contributed by atoms with Gasteiger partial charge in [-0.05, 0) is 47.9 Å². The highest BCUT2D eigenvalue weighted by atomic mass is 31.1. The van der Waals surface area contributed by atoms with Crippen molar-refractivity contribution in [2.75, 3.05) is 21.3 Å². The van der Waals surface area contributed by atoms with Gasteiger partial charge in [0.15, 0.2) is 0 Å². The van der Waals surface area contributed by atoms with Crippen molar-refractivity contribution in [1.29, 1.82) is 0 Å². The van der Waals surface area contributed by atoms with E-state index in [9.17, 15) is 0 Å². The SMILES string of the molecule is COc1cc(OC)c(-c2ccccc2P(C2CCCCC2)C2CCCCC2)c(OC)c1. The topological polar surface area (TPSA) is 27.7 Å². The number of methoxy groups -OCH3 is 3. The van der Waals surface area contributed by atoms with Crippen molar-refractivity contribution in [2.45, 2.75) is 75.5 Å². The van der Waals surface area contributed by atoms with E-state index in [2.05, 4.69) is 24.3 Å². The number of ether oxygens (including phenoxy) is 3. The fourth-order valence-electron chi connectivity index (χ4n) is 5.59. The Kier molecular flexibility index (Phi) is 7.77. The van der Waals surface area contributed by atoms with Crippen LogP contribution in [-0.2, 0) is 0 Å². The molecule has 2 aliphatic rings. The molecule has 2 aromatic rings. The van der Waals surface area contributed by atoms with Crippen LogP contribution in [0.15, 0.2) is 36.4 Å². The van der Waals surface area contributed by atoms with Gasteiger partial charge in [0, 0.05) is 12.1 Å². The zero-order chi connectivity index (χ0) is 21.6. The lowest BCUT2D eigenvalue weighted by molar-refractivity contribution is 0.377. The molecule has 0 bridgehead atoms. The first-order chi connectivity index (χ1) is 15.3. The minimum atomic E-state index is -0.225. The minimum Gasteiger partial charge on any atom is -0.496 e. The zero-order valence-electron chi connectivity index (χ0n) is 19.4. The monoisotopic (exact) mass is 440 g/mol. The highest BCUT2D eigenvalue weighted by Gasteiger charge is 2.34. The van der Waals surface area contributed by atoms with E-state index in [4.69, 9.17) is 14.2 Å². The van der Waals surface area contributed by atoms with Crippen LogP contribution in [0.25, 0.3) is 11.1 Å². The minimum absolute atomic E-state index is 0.225.